The van der Waals surface area contributed by atoms with Crippen LogP contribution < -0.4 is 10.1 Å². The third-order valence-corrected chi connectivity index (χ3v) is 13.0. The summed E-state index contributed by atoms with van der Waals surface area (Å²) in [4.78, 5) is 37.2. The van der Waals surface area contributed by atoms with E-state index < -0.39 is 18.1 Å². The van der Waals surface area contributed by atoms with E-state index in [1.165, 1.54) is 10.6 Å². The Labute approximate surface area is 353 Å². The zero-order valence-electron chi connectivity index (χ0n) is 34.6. The zero-order chi connectivity index (χ0) is 42.1. The number of aliphatic hydroxyl groups excluding tert-OH is 1. The van der Waals surface area contributed by atoms with Gasteiger partial charge in [-0.1, -0.05) is 50.2 Å². The van der Waals surface area contributed by atoms with Gasteiger partial charge in [0.25, 0.3) is 5.88 Å². The van der Waals surface area contributed by atoms with Gasteiger partial charge >= 0.3 is 0 Å². The normalized spacial score (nSPS) is 18.6. The van der Waals surface area contributed by atoms with Crippen molar-refractivity contribution in [3.05, 3.63) is 95.0 Å². The van der Waals surface area contributed by atoms with E-state index in [-0.39, 0.29) is 42.5 Å². The first-order chi connectivity index (χ1) is 28.9. The van der Waals surface area contributed by atoms with E-state index in [1.807, 2.05) is 75.7 Å². The molecule has 2 fully saturated rings. The van der Waals surface area contributed by atoms with Gasteiger partial charge in [0.15, 0.2) is 5.76 Å². The molecule has 4 atom stereocenters. The number of aromatic nitrogens is 5. The number of likely N-dealkylation sites (tertiary alicyclic amines) is 2. The molecule has 0 unspecified atom stereocenters. The lowest BCUT2D eigenvalue weighted by Crippen LogP contribution is -2.48. The highest BCUT2D eigenvalue weighted by atomic mass is 32.1. The molecule has 2 aromatic carbocycles. The summed E-state index contributed by atoms with van der Waals surface area (Å²) in [7, 11) is 2.06. The monoisotopic (exact) mass is 832 g/mol. The molecule has 2 amide bonds. The molecule has 60 heavy (non-hydrogen) atoms. The molecule has 0 bridgehead atoms. The second-order valence-corrected chi connectivity index (χ2v) is 17.3. The number of ether oxygens (including phenoxy) is 1. The van der Waals surface area contributed by atoms with Crippen LogP contribution in [0.5, 0.6) is 11.6 Å². The van der Waals surface area contributed by atoms with Crippen LogP contribution in [0.1, 0.15) is 80.6 Å². The molecule has 3 N–H and O–H groups in total. The number of rotatable bonds is 13. The Bertz CT molecular complexity index is 2450. The lowest BCUT2D eigenvalue weighted by molar-refractivity contribution is -0.141. The summed E-state index contributed by atoms with van der Waals surface area (Å²) in [5, 5.41) is 37.1. The van der Waals surface area contributed by atoms with Crippen LogP contribution in [0.3, 0.4) is 0 Å². The van der Waals surface area contributed by atoms with E-state index in [0.29, 0.717) is 42.0 Å². The number of piperidine rings is 1. The van der Waals surface area contributed by atoms with E-state index in [4.69, 9.17) is 9.26 Å². The predicted molar refractivity (Wildman–Crippen MR) is 229 cm³/mol. The van der Waals surface area contributed by atoms with Gasteiger partial charge in [-0.3, -0.25) is 14.5 Å². The van der Waals surface area contributed by atoms with E-state index in [2.05, 4.69) is 48.2 Å². The van der Waals surface area contributed by atoms with Gasteiger partial charge in [-0.15, -0.1) is 21.5 Å². The van der Waals surface area contributed by atoms with E-state index >= 15 is 0 Å². The summed E-state index contributed by atoms with van der Waals surface area (Å²) >= 11 is 1.59. The minimum atomic E-state index is -0.824. The van der Waals surface area contributed by atoms with Crippen molar-refractivity contribution in [1.29, 1.82) is 0 Å². The Balaban J connectivity index is 0.839. The Morgan fingerprint density at radius 2 is 1.80 bits per heavy atom. The molecule has 0 radical (unpaired) electrons. The first kappa shape index (κ1) is 41.1. The van der Waals surface area contributed by atoms with Crippen molar-refractivity contribution in [1.82, 2.24) is 40.0 Å². The van der Waals surface area contributed by atoms with Gasteiger partial charge < -0.3 is 34.3 Å². The summed E-state index contributed by atoms with van der Waals surface area (Å²) in [6.45, 7) is 10.7. The Morgan fingerprint density at radius 3 is 2.52 bits per heavy atom. The number of phenolic OH excluding ortho intramolecular Hbond substituents is 1. The fourth-order valence-corrected chi connectivity index (χ4v) is 9.50. The first-order valence-corrected chi connectivity index (χ1v) is 21.6. The summed E-state index contributed by atoms with van der Waals surface area (Å²) < 4.78 is 13.9. The minimum Gasteiger partial charge on any atom is -0.507 e. The number of fused-ring (bicyclic) bond motifs is 1. The molecule has 2 aliphatic heterocycles. The molecule has 6 aromatic rings. The van der Waals surface area contributed by atoms with E-state index in [9.17, 15) is 19.8 Å². The second-order valence-electron chi connectivity index (χ2n) is 16.4. The number of phenols is 1. The summed E-state index contributed by atoms with van der Waals surface area (Å²) in [6, 6.07) is 19.9. The van der Waals surface area contributed by atoms with Crippen molar-refractivity contribution in [3.8, 4) is 33.3 Å². The lowest BCUT2D eigenvalue weighted by atomic mass is 9.91. The molecule has 314 valence electrons. The number of hydrogen-bond acceptors (Lipinski definition) is 12. The number of nitrogens with one attached hydrogen (secondary N) is 1. The molecular weight excluding hydrogens is 781 g/mol. The van der Waals surface area contributed by atoms with Crippen LogP contribution in [0.25, 0.3) is 32.7 Å². The zero-order valence-corrected chi connectivity index (χ0v) is 35.4. The van der Waals surface area contributed by atoms with Gasteiger partial charge in [0.05, 0.1) is 39.4 Å². The number of thiazole rings is 1. The number of amides is 2. The third kappa shape index (κ3) is 8.51. The number of carbonyl (C=O) groups is 2. The number of aliphatic hydroxyl groups is 1. The molecule has 15 heteroatoms. The van der Waals surface area contributed by atoms with Crippen molar-refractivity contribution < 1.29 is 29.1 Å². The van der Waals surface area contributed by atoms with Crippen LogP contribution >= 0.6 is 11.3 Å². The quantitative estimate of drug-likeness (QED) is 0.115. The van der Waals surface area contributed by atoms with E-state index in [1.54, 1.807) is 29.5 Å². The molecule has 4 aromatic heterocycles. The largest absolute Gasteiger partial charge is 0.507 e. The maximum atomic E-state index is 14.2. The Hall–Kier alpha value is -5.64. The first-order valence-electron chi connectivity index (χ1n) is 20.7. The van der Waals surface area contributed by atoms with Crippen molar-refractivity contribution in [2.75, 3.05) is 32.8 Å². The van der Waals surface area contributed by atoms with Crippen LogP contribution in [-0.4, -0.2) is 102 Å². The van der Waals surface area contributed by atoms with Gasteiger partial charge in [0.1, 0.15) is 29.8 Å². The van der Waals surface area contributed by atoms with Gasteiger partial charge in [-0.25, -0.2) is 4.98 Å². The van der Waals surface area contributed by atoms with Crippen LogP contribution in [0.2, 0.25) is 0 Å². The SMILES string of the molecule is Cc1ncsc1-c1ccc([C@H](C)NC(=O)[C@@H]2C[C@@H](O)CN2C(=O)[C@@H](c2cc(OCCN3CCC(c4cc5nnc(-c6ccccc6O)cc5n4C)CC3)no2)C(C)C)cc1. The van der Waals surface area contributed by atoms with Gasteiger partial charge in [0, 0.05) is 49.8 Å². The molecule has 0 aliphatic carbocycles. The molecular formula is C45H52N8O6S. The molecule has 14 nitrogen and oxygen atoms in total. The molecule has 0 spiro atoms. The number of aromatic hydroxyl groups is 1. The minimum absolute atomic E-state index is 0.0563. The highest BCUT2D eigenvalue weighted by Gasteiger charge is 2.43. The lowest BCUT2D eigenvalue weighted by Gasteiger charge is -2.32. The number of β-amino-alcohol motifs (C(OH)–C–C–N with tert-alkyl or cyclic N) is 1. The molecule has 2 aliphatic rings. The van der Waals surface area contributed by atoms with Crippen molar-refractivity contribution in [2.24, 2.45) is 13.0 Å². The number of nitrogens with zero attached hydrogens (tertiary/aromatic N) is 7. The molecule has 6 heterocycles. The number of carbonyl (C=O) groups excluding carboxylic acids is 2. The fourth-order valence-electron chi connectivity index (χ4n) is 8.69. The summed E-state index contributed by atoms with van der Waals surface area (Å²) in [6.07, 6.45) is 1.30. The highest BCUT2D eigenvalue weighted by molar-refractivity contribution is 7.13. The molecule has 8 rings (SSSR count). The summed E-state index contributed by atoms with van der Waals surface area (Å²) in [5.74, 6) is -0.269. The fraction of sp³-hybridized carbons (Fsp3) is 0.422. The smallest absolute Gasteiger partial charge is 0.254 e. The van der Waals surface area contributed by atoms with Gasteiger partial charge in [0.2, 0.25) is 11.8 Å². The van der Waals surface area contributed by atoms with Crippen LogP contribution in [0.15, 0.2) is 76.8 Å². The maximum Gasteiger partial charge on any atom is 0.254 e. The average Bonchev–Trinajstić information content (AvgIpc) is 4.05. The van der Waals surface area contributed by atoms with Crippen LogP contribution in [0, 0.1) is 12.8 Å². The predicted octanol–water partition coefficient (Wildman–Crippen LogP) is 6.60. The topological polar surface area (TPSA) is 172 Å². The van der Waals surface area contributed by atoms with Crippen LogP contribution in [-0.2, 0) is 16.6 Å². The van der Waals surface area contributed by atoms with Crippen LogP contribution in [0.4, 0.5) is 0 Å². The van der Waals surface area contributed by atoms with Crippen molar-refractivity contribution in [3.63, 3.8) is 0 Å². The number of hydrogen-bond donors (Lipinski definition) is 3. The third-order valence-electron chi connectivity index (χ3n) is 12.1. The maximum absolute atomic E-state index is 14.2. The molecule has 2 saturated heterocycles. The van der Waals surface area contributed by atoms with E-state index in [0.717, 1.165) is 58.7 Å². The van der Waals surface area contributed by atoms with Crippen molar-refractivity contribution in [2.45, 2.75) is 77.0 Å². The number of aryl methyl sites for hydroxylation is 2. The number of para-hydroxylation sites is 1. The Kier molecular flexibility index (Phi) is 12.0. The summed E-state index contributed by atoms with van der Waals surface area (Å²) in [5.41, 5.74) is 9.16. The van der Waals surface area contributed by atoms with Gasteiger partial charge in [-0.05, 0) is 86.2 Å². The second kappa shape index (κ2) is 17.5. The standard InChI is InChI=1S/C45H52N8O6S/c1-26(2)42(45(57)53-24-32(54)20-38(53)44(56)47-27(3)29-10-12-31(13-11-29)43-28(4)46-25-60-43)40-23-41(50-59-40)58-19-18-52-16-14-30(15-17-52)36-22-35-37(51(36)5)21-34(48-49-35)33-8-6-7-9-39(33)55/h6-13,21-23,25-27,30,32,38,42,54-55H,14-20,24H2,1-5H3,(H,47,56)/t27-,32+,38-,42+/m0/s1. The molecule has 0 saturated carbocycles. The average molecular weight is 833 g/mol. The van der Waals surface area contributed by atoms with Crippen molar-refractivity contribution >= 4 is 34.2 Å². The Morgan fingerprint density at radius 1 is 1.03 bits per heavy atom. The highest BCUT2D eigenvalue weighted by Crippen LogP contribution is 2.36. The van der Waals surface area contributed by atoms with Gasteiger partial charge in [-0.2, -0.15) is 0 Å². The number of benzene rings is 2.